The Kier molecular flexibility index (Phi) is 7.29. The molecule has 6 nitrogen and oxygen atoms in total. The van der Waals surface area contributed by atoms with Crippen molar-refractivity contribution in [1.82, 2.24) is 9.88 Å². The molecule has 1 aliphatic rings. The Labute approximate surface area is 206 Å². The highest BCUT2D eigenvalue weighted by Gasteiger charge is 2.32. The van der Waals surface area contributed by atoms with Crippen LogP contribution in [0.5, 0.6) is 0 Å². The highest BCUT2D eigenvalue weighted by atomic mass is 16.6. The molecule has 6 heteroatoms. The number of fused-ring (bicyclic) bond motifs is 2. The van der Waals surface area contributed by atoms with E-state index >= 15 is 0 Å². The van der Waals surface area contributed by atoms with Crippen LogP contribution in [-0.2, 0) is 27.1 Å². The molecule has 1 unspecified atom stereocenters. The van der Waals surface area contributed by atoms with E-state index in [2.05, 4.69) is 29.2 Å². The number of rotatable bonds is 6. The molecule has 0 bridgehead atoms. The fourth-order valence-corrected chi connectivity index (χ4v) is 4.74. The summed E-state index contributed by atoms with van der Waals surface area (Å²) in [5, 5.41) is 1.18. The maximum Gasteiger partial charge on any atom is 0.410 e. The lowest BCUT2D eigenvalue weighted by Gasteiger charge is -2.37. The van der Waals surface area contributed by atoms with E-state index < -0.39 is 5.60 Å². The number of carbonyl (C=O) groups excluding carboxylic acids is 2. The normalized spacial score (nSPS) is 15.7. The minimum absolute atomic E-state index is 0.0579. The number of ether oxygens (including phenoxy) is 2. The number of amides is 1. The van der Waals surface area contributed by atoms with Gasteiger partial charge in [0.2, 0.25) is 0 Å². The van der Waals surface area contributed by atoms with Gasteiger partial charge in [0.15, 0.2) is 0 Å². The molecule has 35 heavy (non-hydrogen) atoms. The van der Waals surface area contributed by atoms with Crippen LogP contribution in [0.2, 0.25) is 0 Å². The van der Waals surface area contributed by atoms with Crippen molar-refractivity contribution in [2.45, 2.75) is 58.1 Å². The van der Waals surface area contributed by atoms with Crippen LogP contribution in [0.25, 0.3) is 17.0 Å². The summed E-state index contributed by atoms with van der Waals surface area (Å²) < 4.78 is 10.5. The Balaban J connectivity index is 1.61. The molecule has 1 aliphatic carbocycles. The maximum atomic E-state index is 13.4. The summed E-state index contributed by atoms with van der Waals surface area (Å²) in [6, 6.07) is 14.3. The highest BCUT2D eigenvalue weighted by molar-refractivity contribution is 5.87. The number of H-pyrrole nitrogens is 1. The van der Waals surface area contributed by atoms with Gasteiger partial charge in [0.1, 0.15) is 5.60 Å². The molecule has 0 radical (unpaired) electrons. The average Bonchev–Trinajstić information content (AvgIpc) is 3.24. The third kappa shape index (κ3) is 5.94. The maximum absolute atomic E-state index is 13.4. The van der Waals surface area contributed by atoms with Crippen LogP contribution in [0.1, 0.15) is 61.9 Å². The average molecular weight is 475 g/mol. The topological polar surface area (TPSA) is 71.6 Å². The number of aromatic amines is 1. The van der Waals surface area contributed by atoms with Gasteiger partial charge in [-0.1, -0.05) is 36.4 Å². The van der Waals surface area contributed by atoms with Crippen molar-refractivity contribution in [2.24, 2.45) is 0 Å². The van der Waals surface area contributed by atoms with Gasteiger partial charge in [-0.05, 0) is 80.9 Å². The molecule has 0 saturated carbocycles. The predicted molar refractivity (Wildman–Crippen MR) is 138 cm³/mol. The molecule has 1 amide bonds. The van der Waals surface area contributed by atoms with Gasteiger partial charge in [-0.15, -0.1) is 0 Å². The highest BCUT2D eigenvalue weighted by Crippen LogP contribution is 2.36. The van der Waals surface area contributed by atoms with E-state index in [0.717, 1.165) is 42.3 Å². The van der Waals surface area contributed by atoms with Gasteiger partial charge in [-0.3, -0.25) is 0 Å². The molecule has 1 aromatic heterocycles. The van der Waals surface area contributed by atoms with Gasteiger partial charge in [0, 0.05) is 29.7 Å². The smallest absolute Gasteiger partial charge is 0.410 e. The zero-order chi connectivity index (χ0) is 25.0. The van der Waals surface area contributed by atoms with E-state index in [1.54, 1.807) is 6.08 Å². The monoisotopic (exact) mass is 474 g/mol. The number of para-hydroxylation sites is 1. The summed E-state index contributed by atoms with van der Waals surface area (Å²) >= 11 is 0. The second kappa shape index (κ2) is 10.4. The number of benzene rings is 2. The summed E-state index contributed by atoms with van der Waals surface area (Å²) in [6.45, 7) is 6.26. The number of nitrogens with zero attached hydrogens (tertiary/aromatic N) is 1. The van der Waals surface area contributed by atoms with Crippen molar-refractivity contribution >= 4 is 29.0 Å². The second-order valence-electron chi connectivity index (χ2n) is 10.0. The van der Waals surface area contributed by atoms with Crippen molar-refractivity contribution in [2.75, 3.05) is 13.7 Å². The Morgan fingerprint density at radius 2 is 1.97 bits per heavy atom. The lowest BCUT2D eigenvalue weighted by Crippen LogP contribution is -2.41. The van der Waals surface area contributed by atoms with E-state index in [0.29, 0.717) is 6.54 Å². The number of nitrogens with one attached hydrogen (secondary N) is 1. The zero-order valence-electron chi connectivity index (χ0n) is 21.0. The van der Waals surface area contributed by atoms with Crippen molar-refractivity contribution in [3.8, 4) is 0 Å². The lowest BCUT2D eigenvalue weighted by molar-refractivity contribution is -0.134. The molecular formula is C29H34N2O4. The summed E-state index contributed by atoms with van der Waals surface area (Å²) in [4.78, 5) is 30.1. The number of aromatic nitrogens is 1. The number of methoxy groups -OCH3 is 1. The Bertz CT molecular complexity index is 1230. The molecule has 0 saturated heterocycles. The standard InChI is InChI=1S/C29H34N2O4/c1-29(2,3)35-28(33)31(17-16-22-19-30-25-10-6-5-9-23(22)25)26-11-7-8-21-18-20(12-14-24(21)26)13-15-27(32)34-4/h5-6,9-10,12-15,18-19,26,30H,7-8,11,16-17H2,1-4H3/b15-13+. The van der Waals surface area contributed by atoms with Crippen molar-refractivity contribution in [1.29, 1.82) is 0 Å². The summed E-state index contributed by atoms with van der Waals surface area (Å²) in [7, 11) is 1.37. The zero-order valence-corrected chi connectivity index (χ0v) is 21.0. The number of carbonyl (C=O) groups is 2. The van der Waals surface area contributed by atoms with E-state index in [4.69, 9.17) is 9.47 Å². The van der Waals surface area contributed by atoms with Gasteiger partial charge in [-0.2, -0.15) is 0 Å². The Morgan fingerprint density at radius 1 is 1.17 bits per heavy atom. The molecule has 0 fully saturated rings. The van der Waals surface area contributed by atoms with Gasteiger partial charge in [0.25, 0.3) is 0 Å². The quantitative estimate of drug-likeness (QED) is 0.340. The van der Waals surface area contributed by atoms with Crippen LogP contribution in [-0.4, -0.2) is 41.2 Å². The first-order valence-electron chi connectivity index (χ1n) is 12.2. The van der Waals surface area contributed by atoms with Crippen LogP contribution in [0.4, 0.5) is 4.79 Å². The molecule has 0 spiro atoms. The van der Waals surface area contributed by atoms with Gasteiger partial charge in [0.05, 0.1) is 13.2 Å². The third-order valence-corrected chi connectivity index (χ3v) is 6.36. The van der Waals surface area contributed by atoms with Crippen LogP contribution in [0, 0.1) is 0 Å². The lowest BCUT2D eigenvalue weighted by atomic mass is 9.85. The second-order valence-corrected chi connectivity index (χ2v) is 10.0. The first kappa shape index (κ1) is 24.6. The Morgan fingerprint density at radius 3 is 2.74 bits per heavy atom. The largest absolute Gasteiger partial charge is 0.466 e. The van der Waals surface area contributed by atoms with Gasteiger partial charge < -0.3 is 19.4 Å². The first-order chi connectivity index (χ1) is 16.7. The molecule has 3 aromatic rings. The van der Waals surface area contributed by atoms with E-state index in [1.807, 2.05) is 50.1 Å². The van der Waals surface area contributed by atoms with Crippen LogP contribution < -0.4 is 0 Å². The first-order valence-corrected chi connectivity index (χ1v) is 12.2. The van der Waals surface area contributed by atoms with E-state index in [-0.39, 0.29) is 18.1 Å². The van der Waals surface area contributed by atoms with Crippen molar-refractivity contribution in [3.63, 3.8) is 0 Å². The molecule has 4 rings (SSSR count). The van der Waals surface area contributed by atoms with E-state index in [9.17, 15) is 9.59 Å². The molecule has 1 N–H and O–H groups in total. The van der Waals surface area contributed by atoms with Crippen LogP contribution >= 0.6 is 0 Å². The SMILES string of the molecule is COC(=O)/C=C/c1ccc2c(c1)CCCC2N(CCc1c[nH]c2ccccc12)C(=O)OC(C)(C)C. The summed E-state index contributed by atoms with van der Waals surface area (Å²) in [6.07, 6.45) is 8.48. The summed E-state index contributed by atoms with van der Waals surface area (Å²) in [5.41, 5.74) is 5.01. The minimum atomic E-state index is -0.573. The van der Waals surface area contributed by atoms with E-state index in [1.165, 1.54) is 29.7 Å². The fraction of sp³-hybridized carbons (Fsp3) is 0.379. The molecule has 2 aromatic carbocycles. The molecular weight excluding hydrogens is 440 g/mol. The van der Waals surface area contributed by atoms with Crippen molar-refractivity contribution < 1.29 is 19.1 Å². The van der Waals surface area contributed by atoms with Crippen LogP contribution in [0.15, 0.2) is 54.7 Å². The number of hydrogen-bond acceptors (Lipinski definition) is 4. The number of esters is 1. The minimum Gasteiger partial charge on any atom is -0.466 e. The van der Waals surface area contributed by atoms with Gasteiger partial charge >= 0.3 is 12.1 Å². The number of aryl methyl sites for hydroxylation is 1. The molecule has 184 valence electrons. The van der Waals surface area contributed by atoms with Gasteiger partial charge in [-0.25, -0.2) is 9.59 Å². The predicted octanol–water partition coefficient (Wildman–Crippen LogP) is 6.21. The Hall–Kier alpha value is -3.54. The number of hydrogen-bond donors (Lipinski definition) is 1. The summed E-state index contributed by atoms with van der Waals surface area (Å²) in [5.74, 6) is -0.381. The molecule has 0 aliphatic heterocycles. The third-order valence-electron chi connectivity index (χ3n) is 6.36. The van der Waals surface area contributed by atoms with Crippen molar-refractivity contribution in [3.05, 3.63) is 77.0 Å². The van der Waals surface area contributed by atoms with Crippen LogP contribution in [0.3, 0.4) is 0 Å². The fourth-order valence-electron chi connectivity index (χ4n) is 4.74. The molecule has 1 heterocycles. The molecule has 1 atom stereocenters.